The molecule has 4 heterocycles. The number of aliphatic hydroxyl groups is 1. The largest absolute Gasteiger partial charge is 0.481 e. The molecule has 2 aliphatic heterocycles. The summed E-state index contributed by atoms with van der Waals surface area (Å²) in [6.07, 6.45) is 4.73. The van der Waals surface area contributed by atoms with E-state index in [0.717, 1.165) is 68.0 Å². The highest BCUT2D eigenvalue weighted by atomic mass is 35.5. The standard InChI is InChI=1S/C37H42Cl2N8O5/c1-44-29-13-15-46(17-21-9-11-22(12-10-21)37(51)52)18-27(29)40-33(44)35(49)42-25-7-3-5-23(31(25)38)24-6-4-8-26(32(24)39)43-36(50)34-41-28-19-47(20-48)16-14-30(28)45(34)2/h3-8,21-22,48H,9-20H2,1-2H3,(H,42,49)(H,43,50)(H,51,52)/t21-,22+. The number of aliphatic hydroxyl groups excluding tert-OH is 1. The number of hydrogen-bond acceptors (Lipinski definition) is 8. The van der Waals surface area contributed by atoms with Crippen molar-refractivity contribution in [2.75, 3.05) is 37.0 Å². The maximum atomic E-state index is 13.6. The van der Waals surface area contributed by atoms with Gasteiger partial charge in [0, 0.05) is 82.2 Å². The number of rotatable bonds is 9. The molecule has 0 spiro atoms. The lowest BCUT2D eigenvalue weighted by atomic mass is 9.81. The van der Waals surface area contributed by atoms with Crippen molar-refractivity contribution < 1.29 is 24.6 Å². The Hall–Kier alpha value is -4.27. The van der Waals surface area contributed by atoms with Gasteiger partial charge in [-0.2, -0.15) is 0 Å². The molecule has 2 aromatic carbocycles. The maximum Gasteiger partial charge on any atom is 0.306 e. The number of amides is 2. The molecule has 13 nitrogen and oxygen atoms in total. The number of carboxylic acid groups (broad SMARTS) is 1. The Morgan fingerprint density at radius 1 is 0.769 bits per heavy atom. The van der Waals surface area contributed by atoms with Gasteiger partial charge in [0.15, 0.2) is 11.6 Å². The van der Waals surface area contributed by atoms with Gasteiger partial charge in [-0.1, -0.05) is 47.5 Å². The van der Waals surface area contributed by atoms with Crippen LogP contribution in [0, 0.1) is 11.8 Å². The van der Waals surface area contributed by atoms with Gasteiger partial charge in [-0.3, -0.25) is 24.2 Å². The Morgan fingerprint density at radius 2 is 1.25 bits per heavy atom. The molecule has 0 unspecified atom stereocenters. The first-order chi connectivity index (χ1) is 25.0. The van der Waals surface area contributed by atoms with Gasteiger partial charge in [-0.05, 0) is 43.7 Å². The fourth-order valence-electron chi connectivity index (χ4n) is 7.83. The normalized spacial score (nSPS) is 19.2. The first kappa shape index (κ1) is 36.1. The number of fused-ring (bicyclic) bond motifs is 2. The van der Waals surface area contributed by atoms with Crippen LogP contribution < -0.4 is 10.6 Å². The monoisotopic (exact) mass is 748 g/mol. The molecule has 0 atom stereocenters. The van der Waals surface area contributed by atoms with E-state index in [4.69, 9.17) is 28.2 Å². The van der Waals surface area contributed by atoms with Crippen LogP contribution in [0.2, 0.25) is 10.0 Å². The second-order valence-corrected chi connectivity index (χ2v) is 14.8. The number of hydrogen-bond donors (Lipinski definition) is 4. The smallest absolute Gasteiger partial charge is 0.306 e. The zero-order valence-corrected chi connectivity index (χ0v) is 30.7. The lowest BCUT2D eigenvalue weighted by Crippen LogP contribution is -2.36. The number of aromatic nitrogens is 4. The van der Waals surface area contributed by atoms with Crippen molar-refractivity contribution in [2.45, 2.75) is 51.6 Å². The molecular weight excluding hydrogens is 707 g/mol. The summed E-state index contributed by atoms with van der Waals surface area (Å²) in [6, 6.07) is 10.6. The molecule has 4 aromatic rings. The average molecular weight is 750 g/mol. The average Bonchev–Trinajstić information content (AvgIpc) is 3.65. The van der Waals surface area contributed by atoms with Crippen molar-refractivity contribution in [3.63, 3.8) is 0 Å². The van der Waals surface area contributed by atoms with Gasteiger partial charge < -0.3 is 30.0 Å². The fourth-order valence-corrected chi connectivity index (χ4v) is 8.38. The van der Waals surface area contributed by atoms with Crippen molar-refractivity contribution in [3.05, 3.63) is 80.9 Å². The highest BCUT2D eigenvalue weighted by Gasteiger charge is 2.31. The number of aliphatic carboxylic acids is 1. The van der Waals surface area contributed by atoms with Crippen LogP contribution in [0.4, 0.5) is 11.4 Å². The fraction of sp³-hybridized carbons (Fsp3) is 0.432. The van der Waals surface area contributed by atoms with Crippen molar-refractivity contribution >= 4 is 52.4 Å². The van der Waals surface area contributed by atoms with Crippen LogP contribution in [-0.2, 0) is 44.8 Å². The number of nitrogens with one attached hydrogen (secondary N) is 2. The number of nitrogens with zero attached hydrogens (tertiary/aromatic N) is 6. The van der Waals surface area contributed by atoms with Crippen molar-refractivity contribution in [2.24, 2.45) is 25.9 Å². The second kappa shape index (κ2) is 15.0. The summed E-state index contributed by atoms with van der Waals surface area (Å²) in [5, 5.41) is 25.3. The summed E-state index contributed by atoms with van der Waals surface area (Å²) in [6.45, 7) is 3.47. The van der Waals surface area contributed by atoms with E-state index in [1.807, 2.05) is 16.5 Å². The highest BCUT2D eigenvalue weighted by Crippen LogP contribution is 2.40. The van der Waals surface area contributed by atoms with E-state index in [1.165, 1.54) is 0 Å². The number of anilines is 2. The third-order valence-corrected chi connectivity index (χ3v) is 11.6. The zero-order valence-electron chi connectivity index (χ0n) is 29.2. The molecule has 1 saturated carbocycles. The number of imidazole rings is 2. The number of carbonyl (C=O) groups excluding carboxylic acids is 2. The minimum Gasteiger partial charge on any atom is -0.481 e. The van der Waals surface area contributed by atoms with E-state index in [-0.39, 0.29) is 40.2 Å². The van der Waals surface area contributed by atoms with Gasteiger partial charge in [0.05, 0.1) is 45.5 Å². The quantitative estimate of drug-likeness (QED) is 0.181. The van der Waals surface area contributed by atoms with Crippen LogP contribution in [-0.4, -0.2) is 83.3 Å². The third kappa shape index (κ3) is 7.07. The summed E-state index contributed by atoms with van der Waals surface area (Å²) < 4.78 is 3.63. The topological polar surface area (TPSA) is 158 Å². The van der Waals surface area contributed by atoms with E-state index >= 15 is 0 Å². The van der Waals surface area contributed by atoms with Crippen LogP contribution in [0.3, 0.4) is 0 Å². The molecule has 0 saturated heterocycles. The van der Waals surface area contributed by atoms with E-state index < -0.39 is 11.9 Å². The van der Waals surface area contributed by atoms with Crippen LogP contribution in [0.15, 0.2) is 36.4 Å². The van der Waals surface area contributed by atoms with Crippen LogP contribution >= 0.6 is 23.2 Å². The molecular formula is C37H42Cl2N8O5. The summed E-state index contributed by atoms with van der Waals surface area (Å²) in [7, 11) is 3.66. The van der Waals surface area contributed by atoms with Gasteiger partial charge in [-0.25, -0.2) is 9.97 Å². The molecule has 15 heteroatoms. The lowest BCUT2D eigenvalue weighted by Gasteiger charge is -2.33. The van der Waals surface area contributed by atoms with Gasteiger partial charge in [0.1, 0.15) is 0 Å². The van der Waals surface area contributed by atoms with Gasteiger partial charge in [0.25, 0.3) is 11.8 Å². The predicted octanol–water partition coefficient (Wildman–Crippen LogP) is 5.19. The van der Waals surface area contributed by atoms with E-state index in [2.05, 4.69) is 20.5 Å². The SMILES string of the molecule is Cn1c(C(=O)Nc2cccc(-c3cccc(NC(=O)c4nc5c(n4C)CCN(C[C@H]4CC[C@@H](C(=O)O)CC4)C5)c3Cl)c2Cl)nc2c1CCN(CO)C2. The Bertz CT molecular complexity index is 2040. The first-order valence-corrected chi connectivity index (χ1v) is 18.3. The minimum atomic E-state index is -0.690. The van der Waals surface area contributed by atoms with Crippen molar-refractivity contribution in [1.82, 2.24) is 28.9 Å². The number of carbonyl (C=O) groups is 3. The van der Waals surface area contributed by atoms with E-state index in [1.54, 1.807) is 48.0 Å². The van der Waals surface area contributed by atoms with Gasteiger partial charge in [-0.15, -0.1) is 0 Å². The molecule has 3 aliphatic rings. The zero-order chi connectivity index (χ0) is 36.7. The molecule has 1 aliphatic carbocycles. The molecule has 2 amide bonds. The molecule has 4 N–H and O–H groups in total. The minimum absolute atomic E-state index is 0.0708. The summed E-state index contributed by atoms with van der Waals surface area (Å²) >= 11 is 13.8. The molecule has 0 bridgehead atoms. The van der Waals surface area contributed by atoms with E-state index in [9.17, 15) is 24.6 Å². The Labute approximate surface area is 311 Å². The predicted molar refractivity (Wildman–Crippen MR) is 197 cm³/mol. The maximum absolute atomic E-state index is 13.6. The number of benzene rings is 2. The molecule has 7 rings (SSSR count). The van der Waals surface area contributed by atoms with Crippen molar-refractivity contribution in [3.8, 4) is 11.1 Å². The molecule has 52 heavy (non-hydrogen) atoms. The Morgan fingerprint density at radius 3 is 1.73 bits per heavy atom. The third-order valence-electron chi connectivity index (χ3n) is 10.8. The molecule has 1 fully saturated rings. The summed E-state index contributed by atoms with van der Waals surface area (Å²) in [4.78, 5) is 51.9. The van der Waals surface area contributed by atoms with E-state index in [0.29, 0.717) is 54.5 Å². The van der Waals surface area contributed by atoms with Gasteiger partial charge >= 0.3 is 5.97 Å². The molecule has 274 valence electrons. The lowest BCUT2D eigenvalue weighted by molar-refractivity contribution is -0.143. The number of carboxylic acids is 1. The van der Waals surface area contributed by atoms with Crippen LogP contribution in [0.1, 0.15) is 69.7 Å². The first-order valence-electron chi connectivity index (χ1n) is 17.6. The van der Waals surface area contributed by atoms with Crippen molar-refractivity contribution in [1.29, 1.82) is 0 Å². The Balaban J connectivity index is 1.04. The van der Waals surface area contributed by atoms with Gasteiger partial charge in [0.2, 0.25) is 0 Å². The summed E-state index contributed by atoms with van der Waals surface area (Å²) in [5.41, 5.74) is 5.55. The molecule has 2 aromatic heterocycles. The Kier molecular flexibility index (Phi) is 10.4. The molecule has 0 radical (unpaired) electrons. The second-order valence-electron chi connectivity index (χ2n) is 14.0. The number of halogens is 2. The van der Waals surface area contributed by atoms with Crippen LogP contribution in [0.25, 0.3) is 11.1 Å². The summed E-state index contributed by atoms with van der Waals surface area (Å²) in [5.74, 6) is -0.715. The van der Waals surface area contributed by atoms with Crippen LogP contribution in [0.5, 0.6) is 0 Å². The highest BCUT2D eigenvalue weighted by molar-refractivity contribution is 6.40.